The molecule has 3 N–H and O–H groups in total. The predicted octanol–water partition coefficient (Wildman–Crippen LogP) is 5.89. The summed E-state index contributed by atoms with van der Waals surface area (Å²) in [5.74, 6) is -1.74. The number of rotatable bonds is 9. The molecular formula is C27H21BrFN5O3S2. The van der Waals surface area contributed by atoms with Crippen LogP contribution in [0.3, 0.4) is 0 Å². The highest BCUT2D eigenvalue weighted by atomic mass is 79.9. The molecule has 4 aromatic rings. The van der Waals surface area contributed by atoms with E-state index < -0.39 is 17.6 Å². The first-order chi connectivity index (χ1) is 18.8. The van der Waals surface area contributed by atoms with Crippen LogP contribution in [0.4, 0.5) is 15.2 Å². The second-order valence-electron chi connectivity index (χ2n) is 7.99. The van der Waals surface area contributed by atoms with Gasteiger partial charge in [0.15, 0.2) is 0 Å². The summed E-state index contributed by atoms with van der Waals surface area (Å²) in [6, 6.07) is 19.5. The molecule has 0 fully saturated rings. The minimum atomic E-state index is -0.634. The van der Waals surface area contributed by atoms with E-state index in [1.807, 2.05) is 0 Å². The fraction of sp³-hybridized carbons (Fsp3) is 0.0741. The predicted molar refractivity (Wildman–Crippen MR) is 155 cm³/mol. The van der Waals surface area contributed by atoms with Crippen LogP contribution in [0.1, 0.15) is 20.9 Å². The lowest BCUT2D eigenvalue weighted by Gasteiger charge is -2.12. The standard InChI is InChI=1S/C27H21BrFN5O3S2/c1-16-33-34-27(39-16)32-24(35)15-38-21-10-8-20(9-11-21)30-26(37)23(14-18-13-19(28)7-12-22(18)29)31-25(36)17-5-3-2-4-6-17/h2-14H,15H2,1H3,(H,30,37)(H,31,36)(H,32,34,35)/b23-14+. The fourth-order valence-electron chi connectivity index (χ4n) is 3.21. The van der Waals surface area contributed by atoms with Crippen molar-refractivity contribution in [3.63, 3.8) is 0 Å². The third-order valence-electron chi connectivity index (χ3n) is 5.04. The van der Waals surface area contributed by atoms with Crippen molar-refractivity contribution in [3.8, 4) is 0 Å². The van der Waals surface area contributed by atoms with Crippen molar-refractivity contribution in [2.75, 3.05) is 16.4 Å². The molecule has 0 bridgehead atoms. The summed E-state index contributed by atoms with van der Waals surface area (Å²) in [5.41, 5.74) is 0.782. The molecule has 39 heavy (non-hydrogen) atoms. The van der Waals surface area contributed by atoms with E-state index in [0.29, 0.717) is 20.9 Å². The lowest BCUT2D eigenvalue weighted by molar-refractivity contribution is -0.114. The average Bonchev–Trinajstić information content (AvgIpc) is 3.34. The van der Waals surface area contributed by atoms with E-state index in [9.17, 15) is 18.8 Å². The summed E-state index contributed by atoms with van der Waals surface area (Å²) < 4.78 is 15.0. The number of halogens is 2. The van der Waals surface area contributed by atoms with Gasteiger partial charge < -0.3 is 10.6 Å². The zero-order valence-corrected chi connectivity index (χ0v) is 23.6. The summed E-state index contributed by atoms with van der Waals surface area (Å²) in [6.07, 6.45) is 1.28. The molecule has 12 heteroatoms. The number of carbonyl (C=O) groups is 3. The van der Waals surface area contributed by atoms with E-state index in [1.165, 1.54) is 47.4 Å². The second kappa shape index (κ2) is 13.3. The Balaban J connectivity index is 1.44. The molecule has 0 saturated heterocycles. The van der Waals surface area contributed by atoms with E-state index in [0.717, 1.165) is 9.90 Å². The van der Waals surface area contributed by atoms with Crippen LogP contribution in [0.25, 0.3) is 6.08 Å². The Morgan fingerprint density at radius 2 is 1.74 bits per heavy atom. The maximum absolute atomic E-state index is 14.4. The highest BCUT2D eigenvalue weighted by Crippen LogP contribution is 2.22. The Kier molecular flexibility index (Phi) is 9.58. The van der Waals surface area contributed by atoms with Crippen LogP contribution in [0.2, 0.25) is 0 Å². The number of aromatic nitrogens is 2. The van der Waals surface area contributed by atoms with Gasteiger partial charge in [0.2, 0.25) is 11.0 Å². The van der Waals surface area contributed by atoms with Gasteiger partial charge in [-0.05, 0) is 67.6 Å². The lowest BCUT2D eigenvalue weighted by atomic mass is 10.1. The third kappa shape index (κ3) is 8.31. The van der Waals surface area contributed by atoms with Gasteiger partial charge in [0.05, 0.1) is 5.75 Å². The topological polar surface area (TPSA) is 113 Å². The smallest absolute Gasteiger partial charge is 0.272 e. The molecule has 0 saturated carbocycles. The van der Waals surface area contributed by atoms with Crippen LogP contribution in [-0.4, -0.2) is 33.7 Å². The van der Waals surface area contributed by atoms with Crippen LogP contribution in [0, 0.1) is 12.7 Å². The van der Waals surface area contributed by atoms with Crippen molar-refractivity contribution < 1.29 is 18.8 Å². The normalized spacial score (nSPS) is 11.1. The van der Waals surface area contributed by atoms with E-state index in [4.69, 9.17) is 0 Å². The Morgan fingerprint density at radius 1 is 1.00 bits per heavy atom. The average molecular weight is 627 g/mol. The summed E-state index contributed by atoms with van der Waals surface area (Å²) in [7, 11) is 0. The number of hydrogen-bond acceptors (Lipinski definition) is 7. The molecule has 0 atom stereocenters. The SMILES string of the molecule is Cc1nnc(NC(=O)CSc2ccc(NC(=O)/C(=C\c3cc(Br)ccc3F)NC(=O)c3ccccc3)cc2)s1. The summed E-state index contributed by atoms with van der Waals surface area (Å²) in [6.45, 7) is 1.80. The molecule has 0 aliphatic carbocycles. The molecule has 0 radical (unpaired) electrons. The van der Waals surface area contributed by atoms with Crippen LogP contribution < -0.4 is 16.0 Å². The molecule has 0 aliphatic heterocycles. The third-order valence-corrected chi connectivity index (χ3v) is 7.30. The number of carbonyl (C=O) groups excluding carboxylic acids is 3. The zero-order valence-electron chi connectivity index (χ0n) is 20.4. The molecule has 3 aromatic carbocycles. The Hall–Kier alpha value is -3.87. The molecule has 1 heterocycles. The maximum Gasteiger partial charge on any atom is 0.272 e. The summed E-state index contributed by atoms with van der Waals surface area (Å²) >= 11 is 5.90. The number of thioether (sulfide) groups is 1. The van der Waals surface area contributed by atoms with Gasteiger partial charge in [0.1, 0.15) is 16.5 Å². The van der Waals surface area contributed by atoms with Crippen molar-refractivity contribution in [2.24, 2.45) is 0 Å². The van der Waals surface area contributed by atoms with Gasteiger partial charge in [-0.3, -0.25) is 19.7 Å². The number of amides is 3. The molecule has 3 amide bonds. The molecular weight excluding hydrogens is 605 g/mol. The number of aryl methyl sites for hydroxylation is 1. The van der Waals surface area contributed by atoms with Crippen molar-refractivity contribution in [1.29, 1.82) is 0 Å². The number of nitrogens with one attached hydrogen (secondary N) is 3. The first kappa shape index (κ1) is 28.1. The van der Waals surface area contributed by atoms with Crippen molar-refractivity contribution in [3.05, 3.63) is 105 Å². The van der Waals surface area contributed by atoms with Gasteiger partial charge in [-0.25, -0.2) is 4.39 Å². The molecule has 0 unspecified atom stereocenters. The Morgan fingerprint density at radius 3 is 2.44 bits per heavy atom. The van der Waals surface area contributed by atoms with Crippen LogP contribution >= 0.6 is 39.0 Å². The van der Waals surface area contributed by atoms with Gasteiger partial charge >= 0.3 is 0 Å². The number of benzene rings is 3. The highest BCUT2D eigenvalue weighted by molar-refractivity contribution is 9.10. The number of anilines is 2. The van der Waals surface area contributed by atoms with Gasteiger partial charge in [0, 0.05) is 26.2 Å². The van der Waals surface area contributed by atoms with E-state index >= 15 is 0 Å². The molecule has 0 aliphatic rings. The summed E-state index contributed by atoms with van der Waals surface area (Å²) in [5, 5.41) is 16.9. The molecule has 0 spiro atoms. The minimum Gasteiger partial charge on any atom is -0.321 e. The lowest BCUT2D eigenvalue weighted by Crippen LogP contribution is -2.30. The van der Waals surface area contributed by atoms with Gasteiger partial charge in [-0.15, -0.1) is 22.0 Å². The first-order valence-electron chi connectivity index (χ1n) is 11.4. The molecule has 8 nitrogen and oxygen atoms in total. The zero-order chi connectivity index (χ0) is 27.8. The molecule has 198 valence electrons. The van der Waals surface area contributed by atoms with Crippen LogP contribution in [0.5, 0.6) is 0 Å². The Labute approximate surface area is 240 Å². The number of hydrogen-bond donors (Lipinski definition) is 3. The van der Waals surface area contributed by atoms with E-state index in [2.05, 4.69) is 42.1 Å². The maximum atomic E-state index is 14.4. The fourth-order valence-corrected chi connectivity index (χ4v) is 4.89. The number of nitrogens with zero attached hydrogens (tertiary/aromatic N) is 2. The van der Waals surface area contributed by atoms with Crippen molar-refractivity contribution >= 4 is 73.6 Å². The van der Waals surface area contributed by atoms with Crippen molar-refractivity contribution in [2.45, 2.75) is 11.8 Å². The quantitative estimate of drug-likeness (QED) is 0.158. The molecule has 1 aromatic heterocycles. The largest absolute Gasteiger partial charge is 0.321 e. The van der Waals surface area contributed by atoms with Crippen LogP contribution in [0.15, 0.2) is 87.9 Å². The minimum absolute atomic E-state index is 0.122. The molecule has 4 rings (SSSR count). The van der Waals surface area contributed by atoms with E-state index in [1.54, 1.807) is 61.5 Å². The van der Waals surface area contributed by atoms with Gasteiger partial charge in [-0.2, -0.15) is 0 Å². The Bertz CT molecular complexity index is 1530. The highest BCUT2D eigenvalue weighted by Gasteiger charge is 2.16. The van der Waals surface area contributed by atoms with E-state index in [-0.39, 0.29) is 22.9 Å². The van der Waals surface area contributed by atoms with Gasteiger partial charge in [-0.1, -0.05) is 45.5 Å². The van der Waals surface area contributed by atoms with Crippen molar-refractivity contribution in [1.82, 2.24) is 15.5 Å². The second-order valence-corrected chi connectivity index (χ2v) is 11.1. The van der Waals surface area contributed by atoms with Crippen LogP contribution in [-0.2, 0) is 9.59 Å². The monoisotopic (exact) mass is 625 g/mol. The first-order valence-corrected chi connectivity index (χ1v) is 14.0. The van der Waals surface area contributed by atoms with Gasteiger partial charge in [0.25, 0.3) is 11.8 Å². The summed E-state index contributed by atoms with van der Waals surface area (Å²) in [4.78, 5) is 38.9.